The highest BCUT2D eigenvalue weighted by molar-refractivity contribution is 5.88. The highest BCUT2D eigenvalue weighted by Gasteiger charge is 2.19. The van der Waals surface area contributed by atoms with Crippen molar-refractivity contribution >= 4 is 5.71 Å². The van der Waals surface area contributed by atoms with E-state index >= 15 is 0 Å². The predicted octanol–water partition coefficient (Wildman–Crippen LogP) is 1.76. The summed E-state index contributed by atoms with van der Waals surface area (Å²) in [5.41, 5.74) is 0.629. The van der Waals surface area contributed by atoms with Crippen LogP contribution in [0.25, 0.3) is 0 Å². The van der Waals surface area contributed by atoms with E-state index in [1.165, 1.54) is 0 Å². The summed E-state index contributed by atoms with van der Waals surface area (Å²) < 4.78 is 1.88. The number of hydrogen-bond acceptors (Lipinski definition) is 3. The number of rotatable bonds is 2. The molecule has 0 amide bonds. The Bertz CT molecular complexity index is 282. The molecule has 0 saturated carbocycles. The molecule has 0 aliphatic carbocycles. The van der Waals surface area contributed by atoms with Gasteiger partial charge >= 0.3 is 0 Å². The quantitative estimate of drug-likeness (QED) is 0.429. The number of nitrogens with zero attached hydrogens (tertiary/aromatic N) is 3. The van der Waals surface area contributed by atoms with Gasteiger partial charge in [0.05, 0.1) is 18.6 Å². The lowest BCUT2D eigenvalue weighted by Crippen LogP contribution is -2.24. The minimum absolute atomic E-state index is 0.112. The standard InChI is InChI=1S/C9H15N3O/c1-9(2,3)8(11-13)6-12-5-4-10-7-12/h4-5,7,13H,6H2,1-3H3/b11-8-. The number of hydrogen-bond donors (Lipinski definition) is 1. The Balaban J connectivity index is 2.73. The Morgan fingerprint density at radius 3 is 2.62 bits per heavy atom. The predicted molar refractivity (Wildman–Crippen MR) is 50.9 cm³/mol. The van der Waals surface area contributed by atoms with Crippen molar-refractivity contribution in [2.24, 2.45) is 10.6 Å². The first-order valence-electron chi connectivity index (χ1n) is 4.21. The van der Waals surface area contributed by atoms with E-state index in [9.17, 15) is 0 Å². The van der Waals surface area contributed by atoms with Crippen LogP contribution in [-0.4, -0.2) is 20.5 Å². The maximum absolute atomic E-state index is 8.81. The topological polar surface area (TPSA) is 50.4 Å². The van der Waals surface area contributed by atoms with E-state index in [1.807, 2.05) is 31.5 Å². The lowest BCUT2D eigenvalue weighted by atomic mass is 9.90. The van der Waals surface area contributed by atoms with Crippen molar-refractivity contribution in [3.8, 4) is 0 Å². The minimum atomic E-state index is -0.112. The third kappa shape index (κ3) is 2.57. The van der Waals surface area contributed by atoms with Crippen LogP contribution in [0.4, 0.5) is 0 Å². The zero-order valence-corrected chi connectivity index (χ0v) is 8.23. The van der Waals surface area contributed by atoms with Gasteiger partial charge < -0.3 is 9.77 Å². The highest BCUT2D eigenvalue weighted by Crippen LogP contribution is 2.16. The van der Waals surface area contributed by atoms with Gasteiger partial charge in [-0.2, -0.15) is 0 Å². The summed E-state index contributed by atoms with van der Waals surface area (Å²) in [6, 6.07) is 0. The van der Waals surface area contributed by atoms with E-state index in [0.29, 0.717) is 6.54 Å². The molecule has 0 radical (unpaired) electrons. The fourth-order valence-electron chi connectivity index (χ4n) is 0.972. The van der Waals surface area contributed by atoms with Crippen molar-refractivity contribution < 1.29 is 5.21 Å². The van der Waals surface area contributed by atoms with Crippen LogP contribution in [0.3, 0.4) is 0 Å². The van der Waals surface area contributed by atoms with E-state index in [0.717, 1.165) is 5.71 Å². The lowest BCUT2D eigenvalue weighted by molar-refractivity contribution is 0.308. The smallest absolute Gasteiger partial charge is 0.0949 e. The molecule has 72 valence electrons. The summed E-state index contributed by atoms with van der Waals surface area (Å²) in [7, 11) is 0. The number of oxime groups is 1. The zero-order valence-electron chi connectivity index (χ0n) is 8.23. The Morgan fingerprint density at radius 2 is 2.23 bits per heavy atom. The van der Waals surface area contributed by atoms with Gasteiger partial charge in [0.25, 0.3) is 0 Å². The SMILES string of the molecule is CC(C)(C)/C(Cn1ccnc1)=N\O. The average molecular weight is 181 g/mol. The van der Waals surface area contributed by atoms with Crippen molar-refractivity contribution in [3.63, 3.8) is 0 Å². The largest absolute Gasteiger partial charge is 0.411 e. The first-order chi connectivity index (χ1) is 6.04. The van der Waals surface area contributed by atoms with Crippen LogP contribution in [0.1, 0.15) is 20.8 Å². The molecule has 13 heavy (non-hydrogen) atoms. The van der Waals surface area contributed by atoms with Crippen LogP contribution in [-0.2, 0) is 6.54 Å². The van der Waals surface area contributed by atoms with E-state index in [1.54, 1.807) is 12.5 Å². The first kappa shape index (κ1) is 9.77. The number of aromatic nitrogens is 2. The van der Waals surface area contributed by atoms with Crippen molar-refractivity contribution in [2.45, 2.75) is 27.3 Å². The van der Waals surface area contributed by atoms with Crippen LogP contribution in [0.15, 0.2) is 23.9 Å². The van der Waals surface area contributed by atoms with Gasteiger partial charge in [-0.3, -0.25) is 0 Å². The molecule has 0 aliphatic rings. The fraction of sp³-hybridized carbons (Fsp3) is 0.556. The second-order valence-corrected chi connectivity index (χ2v) is 4.03. The second-order valence-electron chi connectivity index (χ2n) is 4.03. The highest BCUT2D eigenvalue weighted by atomic mass is 16.4. The molecule has 0 fully saturated rings. The van der Waals surface area contributed by atoms with Crippen LogP contribution in [0.2, 0.25) is 0 Å². The molecule has 1 heterocycles. The molecule has 0 atom stereocenters. The molecule has 0 aliphatic heterocycles. The van der Waals surface area contributed by atoms with Crippen molar-refractivity contribution in [2.75, 3.05) is 0 Å². The third-order valence-electron chi connectivity index (χ3n) is 1.88. The summed E-state index contributed by atoms with van der Waals surface area (Å²) in [6.07, 6.45) is 5.26. The van der Waals surface area contributed by atoms with Gasteiger partial charge in [-0.1, -0.05) is 25.9 Å². The molecular weight excluding hydrogens is 166 g/mol. The minimum Gasteiger partial charge on any atom is -0.411 e. The molecular formula is C9H15N3O. The van der Waals surface area contributed by atoms with Crippen LogP contribution in [0.5, 0.6) is 0 Å². The van der Waals surface area contributed by atoms with Crippen LogP contribution >= 0.6 is 0 Å². The van der Waals surface area contributed by atoms with Gasteiger partial charge in [-0.15, -0.1) is 0 Å². The van der Waals surface area contributed by atoms with E-state index < -0.39 is 0 Å². The molecule has 0 saturated heterocycles. The fourth-order valence-corrected chi connectivity index (χ4v) is 0.972. The second kappa shape index (κ2) is 3.60. The maximum atomic E-state index is 8.81. The van der Waals surface area contributed by atoms with Crippen molar-refractivity contribution in [1.29, 1.82) is 0 Å². The average Bonchev–Trinajstić information content (AvgIpc) is 2.49. The summed E-state index contributed by atoms with van der Waals surface area (Å²) in [5.74, 6) is 0. The van der Waals surface area contributed by atoms with Crippen LogP contribution < -0.4 is 0 Å². The molecule has 0 bridgehead atoms. The summed E-state index contributed by atoms with van der Waals surface area (Å²) in [5, 5.41) is 12.1. The molecule has 0 aromatic carbocycles. The number of imidazole rings is 1. The summed E-state index contributed by atoms with van der Waals surface area (Å²) in [6.45, 7) is 6.62. The van der Waals surface area contributed by atoms with Gasteiger partial charge in [-0.05, 0) is 0 Å². The molecule has 1 aromatic heterocycles. The Kier molecular flexibility index (Phi) is 2.70. The zero-order chi connectivity index (χ0) is 9.90. The van der Waals surface area contributed by atoms with E-state index in [-0.39, 0.29) is 5.41 Å². The van der Waals surface area contributed by atoms with Gasteiger partial charge in [0, 0.05) is 17.8 Å². The van der Waals surface area contributed by atoms with E-state index in [4.69, 9.17) is 5.21 Å². The summed E-state index contributed by atoms with van der Waals surface area (Å²) >= 11 is 0. The third-order valence-corrected chi connectivity index (χ3v) is 1.88. The molecule has 1 rings (SSSR count). The van der Waals surface area contributed by atoms with Gasteiger partial charge in [0.15, 0.2) is 0 Å². The Morgan fingerprint density at radius 1 is 1.54 bits per heavy atom. The molecule has 4 nitrogen and oxygen atoms in total. The monoisotopic (exact) mass is 181 g/mol. The molecule has 0 unspecified atom stereocenters. The first-order valence-corrected chi connectivity index (χ1v) is 4.21. The molecule has 1 aromatic rings. The Labute approximate surface area is 77.9 Å². The van der Waals surface area contributed by atoms with E-state index in [2.05, 4.69) is 10.1 Å². The molecule has 4 heteroatoms. The van der Waals surface area contributed by atoms with Gasteiger partial charge in [0.1, 0.15) is 0 Å². The maximum Gasteiger partial charge on any atom is 0.0949 e. The Hall–Kier alpha value is -1.32. The van der Waals surface area contributed by atoms with Crippen LogP contribution in [0, 0.1) is 5.41 Å². The molecule has 0 spiro atoms. The lowest BCUT2D eigenvalue weighted by Gasteiger charge is -2.19. The normalized spacial score (nSPS) is 13.3. The van der Waals surface area contributed by atoms with Gasteiger partial charge in [0.2, 0.25) is 0 Å². The summed E-state index contributed by atoms with van der Waals surface area (Å²) in [4.78, 5) is 3.92. The van der Waals surface area contributed by atoms with Crippen molar-refractivity contribution in [1.82, 2.24) is 9.55 Å². The van der Waals surface area contributed by atoms with Gasteiger partial charge in [-0.25, -0.2) is 4.98 Å². The van der Waals surface area contributed by atoms with Crippen molar-refractivity contribution in [3.05, 3.63) is 18.7 Å². The molecule has 1 N–H and O–H groups in total.